The summed E-state index contributed by atoms with van der Waals surface area (Å²) in [7, 11) is 0. The largest absolute Gasteiger partial charge is 0.308 e. The minimum absolute atomic E-state index is 0.635. The van der Waals surface area contributed by atoms with Gasteiger partial charge in [0.2, 0.25) is 0 Å². The first kappa shape index (κ1) is 9.43. The van der Waals surface area contributed by atoms with Gasteiger partial charge in [-0.05, 0) is 12.2 Å². The molecule has 0 aliphatic carbocycles. The average molecular weight is 192 g/mol. The Morgan fingerprint density at radius 3 is 3.00 bits per heavy atom. The number of rotatable bonds is 3. The summed E-state index contributed by atoms with van der Waals surface area (Å²) in [5, 5.41) is 4.81. The maximum absolute atomic E-state index is 5.64. The molecule has 64 valence electrons. The quantitative estimate of drug-likeness (QED) is 0.735. The van der Waals surface area contributed by atoms with Gasteiger partial charge in [0, 0.05) is 22.9 Å². The molecule has 1 rings (SSSR count). The van der Waals surface area contributed by atoms with Crippen molar-refractivity contribution in [2.24, 2.45) is 0 Å². The number of halogens is 1. The summed E-state index contributed by atoms with van der Waals surface area (Å²) in [5.41, 5.74) is 0. The Morgan fingerprint density at radius 1 is 1.82 bits per heavy atom. The molecule has 2 atom stereocenters. The van der Waals surface area contributed by atoms with E-state index < -0.39 is 0 Å². The molecular formula is C8H14ClNS. The fourth-order valence-corrected chi connectivity index (χ4v) is 2.55. The van der Waals surface area contributed by atoms with E-state index in [-0.39, 0.29) is 0 Å². The molecular weight excluding hydrogens is 178 g/mol. The van der Waals surface area contributed by atoms with E-state index in [2.05, 4.69) is 18.8 Å². The first-order chi connectivity index (χ1) is 5.20. The van der Waals surface area contributed by atoms with E-state index in [1.54, 1.807) is 0 Å². The second kappa shape index (κ2) is 4.39. The van der Waals surface area contributed by atoms with Crippen molar-refractivity contribution in [3.63, 3.8) is 0 Å². The van der Waals surface area contributed by atoms with Gasteiger partial charge in [-0.1, -0.05) is 25.1 Å². The van der Waals surface area contributed by atoms with Crippen LogP contribution in [0.2, 0.25) is 0 Å². The van der Waals surface area contributed by atoms with E-state index in [1.165, 1.54) is 12.2 Å². The van der Waals surface area contributed by atoms with Crippen molar-refractivity contribution < 1.29 is 0 Å². The van der Waals surface area contributed by atoms with Gasteiger partial charge in [0.15, 0.2) is 0 Å². The molecule has 1 nitrogen and oxygen atoms in total. The van der Waals surface area contributed by atoms with Gasteiger partial charge in [-0.3, -0.25) is 0 Å². The van der Waals surface area contributed by atoms with Crippen LogP contribution in [0.25, 0.3) is 0 Å². The molecule has 1 heterocycles. The maximum Gasteiger partial charge on any atom is 0.0310 e. The lowest BCUT2D eigenvalue weighted by Gasteiger charge is -2.15. The first-order valence-corrected chi connectivity index (χ1v) is 5.31. The smallest absolute Gasteiger partial charge is 0.0310 e. The van der Waals surface area contributed by atoms with Crippen LogP contribution in [-0.4, -0.2) is 23.6 Å². The van der Waals surface area contributed by atoms with Gasteiger partial charge in [-0.15, -0.1) is 0 Å². The minimum Gasteiger partial charge on any atom is -0.308 e. The molecule has 0 bridgehead atoms. The Kier molecular flexibility index (Phi) is 3.76. The summed E-state index contributed by atoms with van der Waals surface area (Å²) < 4.78 is 0. The fourth-order valence-electron chi connectivity index (χ4n) is 1.24. The normalized spacial score (nSPS) is 30.7. The van der Waals surface area contributed by atoms with Crippen LogP contribution in [-0.2, 0) is 0 Å². The zero-order chi connectivity index (χ0) is 8.27. The van der Waals surface area contributed by atoms with Crippen LogP contribution in [0, 0.1) is 0 Å². The molecule has 0 aromatic rings. The van der Waals surface area contributed by atoms with Crippen LogP contribution in [0.5, 0.6) is 0 Å². The topological polar surface area (TPSA) is 12.0 Å². The van der Waals surface area contributed by atoms with Gasteiger partial charge in [-0.2, -0.15) is 11.8 Å². The Hall–Kier alpha value is 0.340. The van der Waals surface area contributed by atoms with Crippen LogP contribution in [0.1, 0.15) is 13.3 Å². The molecule has 0 aromatic carbocycles. The summed E-state index contributed by atoms with van der Waals surface area (Å²) in [4.78, 5) is 0. The van der Waals surface area contributed by atoms with Gasteiger partial charge in [-0.25, -0.2) is 0 Å². The Morgan fingerprint density at radius 2 is 2.55 bits per heavy atom. The molecule has 2 unspecified atom stereocenters. The molecule has 0 saturated carbocycles. The summed E-state index contributed by atoms with van der Waals surface area (Å²) in [6, 6.07) is 0.635. The van der Waals surface area contributed by atoms with E-state index >= 15 is 0 Å². The van der Waals surface area contributed by atoms with Crippen molar-refractivity contribution in [1.82, 2.24) is 5.32 Å². The highest BCUT2D eigenvalue weighted by molar-refractivity contribution is 8.00. The first-order valence-electron chi connectivity index (χ1n) is 3.88. The van der Waals surface area contributed by atoms with E-state index in [1.807, 2.05) is 11.8 Å². The molecule has 1 fully saturated rings. The summed E-state index contributed by atoms with van der Waals surface area (Å²) in [5.74, 6) is 1.27. The third-order valence-corrected chi connectivity index (χ3v) is 3.39. The number of nitrogens with one attached hydrogen (secondary N) is 1. The third-order valence-electron chi connectivity index (χ3n) is 1.93. The monoisotopic (exact) mass is 191 g/mol. The summed E-state index contributed by atoms with van der Waals surface area (Å²) in [6.45, 7) is 6.64. The SMILES string of the molecule is C=C(Cl)CNC1CCSC1C. The Balaban J connectivity index is 2.20. The van der Waals surface area contributed by atoms with E-state index in [0.29, 0.717) is 11.1 Å². The summed E-state index contributed by atoms with van der Waals surface area (Å²) in [6.07, 6.45) is 1.26. The molecule has 0 aromatic heterocycles. The molecule has 11 heavy (non-hydrogen) atoms. The second-order valence-electron chi connectivity index (χ2n) is 2.87. The van der Waals surface area contributed by atoms with E-state index in [4.69, 9.17) is 11.6 Å². The Labute approximate surface area is 77.6 Å². The van der Waals surface area contributed by atoms with Crippen molar-refractivity contribution in [2.45, 2.75) is 24.6 Å². The van der Waals surface area contributed by atoms with Crippen molar-refractivity contribution in [3.8, 4) is 0 Å². The molecule has 0 amide bonds. The molecule has 1 N–H and O–H groups in total. The van der Waals surface area contributed by atoms with Gasteiger partial charge in [0.1, 0.15) is 0 Å². The molecule has 0 spiro atoms. The molecule has 1 saturated heterocycles. The molecule has 3 heteroatoms. The number of hydrogen-bond donors (Lipinski definition) is 1. The second-order valence-corrected chi connectivity index (χ2v) is 4.89. The standard InChI is InChI=1S/C8H14ClNS/c1-6(9)5-10-8-3-4-11-7(8)2/h7-8,10H,1,3-5H2,2H3. The fraction of sp³-hybridized carbons (Fsp3) is 0.750. The zero-order valence-corrected chi connectivity index (χ0v) is 8.34. The van der Waals surface area contributed by atoms with Gasteiger partial charge in [0.05, 0.1) is 0 Å². The van der Waals surface area contributed by atoms with Crippen molar-refractivity contribution >= 4 is 23.4 Å². The third kappa shape index (κ3) is 3.06. The molecule has 1 aliphatic heterocycles. The van der Waals surface area contributed by atoms with Gasteiger partial charge < -0.3 is 5.32 Å². The molecule has 0 radical (unpaired) electrons. The number of hydrogen-bond acceptors (Lipinski definition) is 2. The van der Waals surface area contributed by atoms with Crippen LogP contribution in [0.4, 0.5) is 0 Å². The highest BCUT2D eigenvalue weighted by Gasteiger charge is 2.22. The Bertz CT molecular complexity index is 149. The van der Waals surface area contributed by atoms with Gasteiger partial charge >= 0.3 is 0 Å². The van der Waals surface area contributed by atoms with Crippen molar-refractivity contribution in [1.29, 1.82) is 0 Å². The maximum atomic E-state index is 5.64. The van der Waals surface area contributed by atoms with Gasteiger partial charge in [0.25, 0.3) is 0 Å². The lowest BCUT2D eigenvalue weighted by Crippen LogP contribution is -2.34. The van der Waals surface area contributed by atoms with E-state index in [9.17, 15) is 0 Å². The zero-order valence-electron chi connectivity index (χ0n) is 6.77. The van der Waals surface area contributed by atoms with Crippen LogP contribution >= 0.6 is 23.4 Å². The highest BCUT2D eigenvalue weighted by Crippen LogP contribution is 2.26. The predicted molar refractivity (Wildman–Crippen MR) is 53.3 cm³/mol. The minimum atomic E-state index is 0.635. The van der Waals surface area contributed by atoms with Crippen LogP contribution in [0.3, 0.4) is 0 Å². The average Bonchev–Trinajstić information content (AvgIpc) is 2.31. The van der Waals surface area contributed by atoms with Crippen LogP contribution in [0.15, 0.2) is 11.6 Å². The van der Waals surface area contributed by atoms with Crippen molar-refractivity contribution in [2.75, 3.05) is 12.3 Å². The van der Waals surface area contributed by atoms with Crippen molar-refractivity contribution in [3.05, 3.63) is 11.6 Å². The molecule has 1 aliphatic rings. The number of thioether (sulfide) groups is 1. The predicted octanol–water partition coefficient (Wildman–Crippen LogP) is 2.22. The summed E-state index contributed by atoms with van der Waals surface area (Å²) >= 11 is 7.66. The van der Waals surface area contributed by atoms with E-state index in [0.717, 1.165) is 11.8 Å². The lowest BCUT2D eigenvalue weighted by atomic mass is 10.2. The lowest BCUT2D eigenvalue weighted by molar-refractivity contribution is 0.541. The highest BCUT2D eigenvalue weighted by atomic mass is 35.5. The van der Waals surface area contributed by atoms with Crippen LogP contribution < -0.4 is 5.32 Å².